The first kappa shape index (κ1) is 18.8. The number of allylic oxidation sites excluding steroid dienone is 1. The van der Waals surface area contributed by atoms with Crippen molar-refractivity contribution in [1.29, 1.82) is 5.26 Å². The summed E-state index contributed by atoms with van der Waals surface area (Å²) in [5.74, 6) is 1.02. The van der Waals surface area contributed by atoms with E-state index >= 15 is 0 Å². The Morgan fingerprint density at radius 2 is 1.97 bits per heavy atom. The number of non-ortho nitro benzene ring substituents is 1. The molecule has 4 rings (SSSR count). The summed E-state index contributed by atoms with van der Waals surface area (Å²) in [7, 11) is 0. The van der Waals surface area contributed by atoms with Gasteiger partial charge in [-0.1, -0.05) is 6.07 Å². The lowest BCUT2D eigenvalue weighted by Crippen LogP contribution is -2.11. The molecule has 0 bridgehead atoms. The second-order valence-corrected chi connectivity index (χ2v) is 6.61. The summed E-state index contributed by atoms with van der Waals surface area (Å²) < 4.78 is 5.74. The Bertz CT molecular complexity index is 1410. The van der Waals surface area contributed by atoms with Gasteiger partial charge in [0, 0.05) is 23.8 Å². The Labute approximate surface area is 169 Å². The van der Waals surface area contributed by atoms with Crippen LogP contribution in [0.2, 0.25) is 0 Å². The van der Waals surface area contributed by atoms with Crippen molar-refractivity contribution in [2.75, 3.05) is 0 Å². The SMILES string of the molecule is Cc1ccc2c(=O)[nH]c(/C(C#N)=C/c3ccc(-c4ccc([N+](=O)[O-])cc4)o3)nc2c1. The van der Waals surface area contributed by atoms with E-state index in [1.807, 2.05) is 19.1 Å². The Morgan fingerprint density at radius 3 is 2.67 bits per heavy atom. The number of nitrogens with zero attached hydrogens (tertiary/aromatic N) is 3. The molecule has 146 valence electrons. The quantitative estimate of drug-likeness (QED) is 0.307. The number of nitrogens with one attached hydrogen (secondary N) is 1. The van der Waals surface area contributed by atoms with Crippen LogP contribution in [-0.2, 0) is 0 Å². The number of aromatic nitrogens is 2. The molecule has 0 amide bonds. The zero-order valence-corrected chi connectivity index (χ0v) is 15.7. The van der Waals surface area contributed by atoms with Crippen LogP contribution in [0.5, 0.6) is 0 Å². The largest absolute Gasteiger partial charge is 0.457 e. The molecule has 2 heterocycles. The van der Waals surface area contributed by atoms with Gasteiger partial charge in [-0.3, -0.25) is 14.9 Å². The molecule has 0 spiro atoms. The van der Waals surface area contributed by atoms with E-state index in [9.17, 15) is 20.2 Å². The van der Waals surface area contributed by atoms with Crippen molar-refractivity contribution >= 4 is 28.2 Å². The van der Waals surface area contributed by atoms with Crippen LogP contribution in [0.15, 0.2) is 63.8 Å². The van der Waals surface area contributed by atoms with E-state index in [0.717, 1.165) is 5.56 Å². The lowest BCUT2D eigenvalue weighted by Gasteiger charge is -2.02. The molecule has 2 aromatic carbocycles. The molecule has 0 saturated carbocycles. The van der Waals surface area contributed by atoms with Gasteiger partial charge in [0.2, 0.25) is 0 Å². The summed E-state index contributed by atoms with van der Waals surface area (Å²) in [6.45, 7) is 1.89. The van der Waals surface area contributed by atoms with Gasteiger partial charge in [0.1, 0.15) is 17.6 Å². The summed E-state index contributed by atoms with van der Waals surface area (Å²) in [6, 6.07) is 16.6. The standard InChI is InChI=1S/C22H14N4O4/c1-13-2-8-18-19(10-13)24-21(25-22(18)27)15(12-23)11-17-7-9-20(30-17)14-3-5-16(6-4-14)26(28)29/h2-11H,1H3,(H,24,25,27)/b15-11+. The van der Waals surface area contributed by atoms with Crippen LogP contribution >= 0.6 is 0 Å². The Balaban J connectivity index is 1.70. The number of aryl methyl sites for hydroxylation is 1. The van der Waals surface area contributed by atoms with Crippen molar-refractivity contribution in [3.05, 3.63) is 92.2 Å². The molecular weight excluding hydrogens is 384 g/mol. The number of benzene rings is 2. The maximum atomic E-state index is 12.3. The van der Waals surface area contributed by atoms with Crippen molar-refractivity contribution in [2.24, 2.45) is 0 Å². The highest BCUT2D eigenvalue weighted by atomic mass is 16.6. The average Bonchev–Trinajstić information content (AvgIpc) is 3.20. The van der Waals surface area contributed by atoms with E-state index < -0.39 is 4.92 Å². The van der Waals surface area contributed by atoms with Crippen LogP contribution in [-0.4, -0.2) is 14.9 Å². The molecule has 0 unspecified atom stereocenters. The topological polar surface area (TPSA) is 126 Å². The number of hydrogen-bond donors (Lipinski definition) is 1. The van der Waals surface area contributed by atoms with Crippen LogP contribution in [0.25, 0.3) is 33.9 Å². The molecule has 2 aromatic heterocycles. The maximum absolute atomic E-state index is 12.3. The van der Waals surface area contributed by atoms with Gasteiger partial charge in [-0.2, -0.15) is 5.26 Å². The van der Waals surface area contributed by atoms with Gasteiger partial charge in [-0.15, -0.1) is 0 Å². The van der Waals surface area contributed by atoms with Crippen LogP contribution in [0.3, 0.4) is 0 Å². The number of H-pyrrole nitrogens is 1. The molecule has 0 aliphatic heterocycles. The second-order valence-electron chi connectivity index (χ2n) is 6.61. The van der Waals surface area contributed by atoms with E-state index in [4.69, 9.17) is 4.42 Å². The highest BCUT2D eigenvalue weighted by molar-refractivity contribution is 5.88. The van der Waals surface area contributed by atoms with Gasteiger partial charge in [0.25, 0.3) is 11.2 Å². The van der Waals surface area contributed by atoms with Gasteiger partial charge in [0.05, 0.1) is 21.4 Å². The third-order valence-corrected chi connectivity index (χ3v) is 4.51. The third kappa shape index (κ3) is 3.59. The van der Waals surface area contributed by atoms with Crippen LogP contribution in [0, 0.1) is 28.4 Å². The van der Waals surface area contributed by atoms with E-state index in [2.05, 4.69) is 9.97 Å². The van der Waals surface area contributed by atoms with Crippen LogP contribution < -0.4 is 5.56 Å². The molecular formula is C22H14N4O4. The number of nitro groups is 1. The minimum atomic E-state index is -0.474. The van der Waals surface area contributed by atoms with E-state index in [1.54, 1.807) is 36.4 Å². The first-order chi connectivity index (χ1) is 14.4. The number of furan rings is 1. The van der Waals surface area contributed by atoms with E-state index in [0.29, 0.717) is 28.0 Å². The van der Waals surface area contributed by atoms with E-state index in [1.165, 1.54) is 18.2 Å². The van der Waals surface area contributed by atoms with Crippen molar-refractivity contribution in [3.63, 3.8) is 0 Å². The van der Waals surface area contributed by atoms with Crippen molar-refractivity contribution in [1.82, 2.24) is 9.97 Å². The number of aromatic amines is 1. The zero-order chi connectivity index (χ0) is 21.3. The van der Waals surface area contributed by atoms with Gasteiger partial charge in [-0.05, 0) is 48.9 Å². The normalized spacial score (nSPS) is 11.4. The summed E-state index contributed by atoms with van der Waals surface area (Å²) in [5, 5.41) is 20.8. The highest BCUT2D eigenvalue weighted by Crippen LogP contribution is 2.26. The summed E-state index contributed by atoms with van der Waals surface area (Å²) in [5.41, 5.74) is 1.90. The fourth-order valence-corrected chi connectivity index (χ4v) is 3.01. The molecule has 0 aliphatic carbocycles. The number of hydrogen-bond acceptors (Lipinski definition) is 6. The minimum absolute atomic E-state index is 0.0150. The average molecular weight is 398 g/mol. The molecule has 0 radical (unpaired) electrons. The third-order valence-electron chi connectivity index (χ3n) is 4.51. The van der Waals surface area contributed by atoms with Crippen LogP contribution in [0.4, 0.5) is 5.69 Å². The number of fused-ring (bicyclic) bond motifs is 1. The number of nitriles is 1. The fourth-order valence-electron chi connectivity index (χ4n) is 3.01. The number of nitro benzene ring substituents is 1. The summed E-state index contributed by atoms with van der Waals surface area (Å²) in [6.07, 6.45) is 1.48. The van der Waals surface area contributed by atoms with Gasteiger partial charge in [-0.25, -0.2) is 4.98 Å². The lowest BCUT2D eigenvalue weighted by molar-refractivity contribution is -0.384. The molecule has 0 fully saturated rings. The number of rotatable bonds is 4. The van der Waals surface area contributed by atoms with E-state index in [-0.39, 0.29) is 22.6 Å². The van der Waals surface area contributed by atoms with Crippen molar-refractivity contribution in [3.8, 4) is 17.4 Å². The molecule has 30 heavy (non-hydrogen) atoms. The molecule has 0 aliphatic rings. The highest BCUT2D eigenvalue weighted by Gasteiger charge is 2.11. The molecule has 0 saturated heterocycles. The Morgan fingerprint density at radius 1 is 1.20 bits per heavy atom. The monoisotopic (exact) mass is 398 g/mol. The Hall–Kier alpha value is -4.51. The zero-order valence-electron chi connectivity index (χ0n) is 15.7. The maximum Gasteiger partial charge on any atom is 0.269 e. The second kappa shape index (κ2) is 7.48. The first-order valence-electron chi connectivity index (χ1n) is 8.92. The van der Waals surface area contributed by atoms with Gasteiger partial charge >= 0.3 is 0 Å². The predicted octanol–water partition coefficient (Wildman–Crippen LogP) is 4.46. The lowest BCUT2D eigenvalue weighted by atomic mass is 10.1. The minimum Gasteiger partial charge on any atom is -0.457 e. The summed E-state index contributed by atoms with van der Waals surface area (Å²) >= 11 is 0. The van der Waals surface area contributed by atoms with Gasteiger partial charge < -0.3 is 9.40 Å². The molecule has 8 nitrogen and oxygen atoms in total. The molecule has 0 atom stereocenters. The predicted molar refractivity (Wildman–Crippen MR) is 111 cm³/mol. The smallest absolute Gasteiger partial charge is 0.269 e. The summed E-state index contributed by atoms with van der Waals surface area (Å²) in [4.78, 5) is 29.7. The first-order valence-corrected chi connectivity index (χ1v) is 8.92. The van der Waals surface area contributed by atoms with Crippen LogP contribution in [0.1, 0.15) is 17.1 Å². The van der Waals surface area contributed by atoms with Crippen molar-refractivity contribution in [2.45, 2.75) is 6.92 Å². The van der Waals surface area contributed by atoms with Gasteiger partial charge in [0.15, 0.2) is 5.82 Å². The molecule has 4 aromatic rings. The Kier molecular flexibility index (Phi) is 4.70. The fraction of sp³-hybridized carbons (Fsp3) is 0.0455. The molecule has 1 N–H and O–H groups in total. The molecule has 8 heteroatoms. The van der Waals surface area contributed by atoms with Crippen molar-refractivity contribution < 1.29 is 9.34 Å².